The summed E-state index contributed by atoms with van der Waals surface area (Å²) in [6.45, 7) is 1.89. The lowest BCUT2D eigenvalue weighted by Gasteiger charge is -2.07. The van der Waals surface area contributed by atoms with E-state index in [1.807, 2.05) is 13.0 Å². The van der Waals surface area contributed by atoms with Crippen molar-refractivity contribution in [3.63, 3.8) is 0 Å². The van der Waals surface area contributed by atoms with Gasteiger partial charge in [-0.05, 0) is 31.9 Å². The van der Waals surface area contributed by atoms with E-state index in [2.05, 4.69) is 10.3 Å². The van der Waals surface area contributed by atoms with Gasteiger partial charge in [-0.3, -0.25) is 0 Å². The van der Waals surface area contributed by atoms with Crippen molar-refractivity contribution in [1.82, 2.24) is 0 Å². The molecule has 0 atom stereocenters. The molecule has 0 aliphatic carbocycles. The molecule has 6 heteroatoms. The molecule has 1 rings (SSSR count). The van der Waals surface area contributed by atoms with Crippen LogP contribution in [0.1, 0.15) is 25.3 Å². The van der Waals surface area contributed by atoms with Crippen molar-refractivity contribution in [3.8, 4) is 0 Å². The Kier molecular flexibility index (Phi) is 6.67. The number of rotatable bonds is 6. The Morgan fingerprint density at radius 1 is 1.05 bits per heavy atom. The lowest BCUT2D eigenvalue weighted by molar-refractivity contribution is 0.211. The molecule has 4 nitrogen and oxygen atoms in total. The Balaban J connectivity index is 2.86. The number of hydrogen-bond acceptors (Lipinski definition) is 4. The summed E-state index contributed by atoms with van der Waals surface area (Å²) in [5.41, 5.74) is 2.54. The maximum atomic E-state index is 6.00. The third-order valence-corrected chi connectivity index (χ3v) is 3.16. The number of halogens is 2. The summed E-state index contributed by atoms with van der Waals surface area (Å²) in [4.78, 5) is 9.58. The van der Waals surface area contributed by atoms with E-state index in [0.29, 0.717) is 16.5 Å². The van der Waals surface area contributed by atoms with Crippen molar-refractivity contribution in [2.75, 3.05) is 14.2 Å². The predicted molar refractivity (Wildman–Crippen MR) is 79.4 cm³/mol. The van der Waals surface area contributed by atoms with Gasteiger partial charge in [0.25, 0.3) is 0 Å². The maximum Gasteiger partial charge on any atom is 0.106 e. The van der Waals surface area contributed by atoms with Gasteiger partial charge in [0, 0.05) is 5.56 Å². The van der Waals surface area contributed by atoms with Gasteiger partial charge in [0.2, 0.25) is 0 Å². The van der Waals surface area contributed by atoms with Crippen LogP contribution in [0.25, 0.3) is 0 Å². The van der Waals surface area contributed by atoms with Crippen molar-refractivity contribution in [1.29, 1.82) is 0 Å². The number of oxime groups is 2. The third-order valence-electron chi connectivity index (χ3n) is 2.43. The lowest BCUT2D eigenvalue weighted by atomic mass is 10.0. The molecule has 0 fully saturated rings. The molecule has 1 aromatic carbocycles. The third kappa shape index (κ3) is 5.09. The highest BCUT2D eigenvalue weighted by atomic mass is 35.5. The fourth-order valence-electron chi connectivity index (χ4n) is 1.53. The monoisotopic (exact) mass is 302 g/mol. The first kappa shape index (κ1) is 15.8. The molecule has 0 aliphatic rings. The highest BCUT2D eigenvalue weighted by Gasteiger charge is 2.08. The molecule has 19 heavy (non-hydrogen) atoms. The normalized spacial score (nSPS) is 12.5. The van der Waals surface area contributed by atoms with E-state index in [0.717, 1.165) is 23.4 Å². The van der Waals surface area contributed by atoms with Gasteiger partial charge in [0.15, 0.2) is 0 Å². The summed E-state index contributed by atoms with van der Waals surface area (Å²) in [6.07, 6.45) is 1.39. The molecule has 104 valence electrons. The molecule has 0 heterocycles. The van der Waals surface area contributed by atoms with Gasteiger partial charge < -0.3 is 9.68 Å². The number of benzene rings is 1. The average Bonchev–Trinajstić information content (AvgIpc) is 2.38. The van der Waals surface area contributed by atoms with Gasteiger partial charge >= 0.3 is 0 Å². The van der Waals surface area contributed by atoms with Crippen molar-refractivity contribution < 1.29 is 9.68 Å². The standard InChI is InChI=1S/C13H16Cl2N2O2/c1-9(16-18-2)4-7-13(17-19-3)10-5-6-11(14)12(15)8-10/h5-6,8H,4,7H2,1-3H3/b16-9+,17-13-. The van der Waals surface area contributed by atoms with Gasteiger partial charge in [-0.15, -0.1) is 0 Å². The van der Waals surface area contributed by atoms with E-state index in [1.165, 1.54) is 14.2 Å². The highest BCUT2D eigenvalue weighted by Crippen LogP contribution is 2.23. The first-order valence-corrected chi connectivity index (χ1v) is 6.46. The van der Waals surface area contributed by atoms with Crippen LogP contribution in [0.4, 0.5) is 0 Å². The summed E-state index contributed by atoms with van der Waals surface area (Å²) in [5, 5.41) is 8.88. The topological polar surface area (TPSA) is 43.2 Å². The van der Waals surface area contributed by atoms with Gasteiger partial charge in [0.05, 0.1) is 21.5 Å². The molecule has 0 N–H and O–H groups in total. The Labute approximate surface area is 123 Å². The quantitative estimate of drug-likeness (QED) is 0.585. The van der Waals surface area contributed by atoms with Crippen LogP contribution in [-0.2, 0) is 9.68 Å². The minimum absolute atomic E-state index is 0.491. The van der Waals surface area contributed by atoms with E-state index in [9.17, 15) is 0 Å². The van der Waals surface area contributed by atoms with Crippen LogP contribution >= 0.6 is 23.2 Å². The first-order valence-electron chi connectivity index (χ1n) is 5.70. The van der Waals surface area contributed by atoms with E-state index in [4.69, 9.17) is 32.9 Å². The fraction of sp³-hybridized carbons (Fsp3) is 0.385. The summed E-state index contributed by atoms with van der Waals surface area (Å²) >= 11 is 11.9. The van der Waals surface area contributed by atoms with E-state index >= 15 is 0 Å². The van der Waals surface area contributed by atoms with Gasteiger partial charge in [-0.25, -0.2) is 0 Å². The summed E-state index contributed by atoms with van der Waals surface area (Å²) < 4.78 is 0. The molecule has 0 aliphatic heterocycles. The van der Waals surface area contributed by atoms with Crippen LogP contribution in [0.5, 0.6) is 0 Å². The molecule has 0 saturated carbocycles. The zero-order chi connectivity index (χ0) is 14.3. The minimum atomic E-state index is 0.491. The number of hydrogen-bond donors (Lipinski definition) is 0. The van der Waals surface area contributed by atoms with Crippen LogP contribution in [0, 0.1) is 0 Å². The van der Waals surface area contributed by atoms with Crippen molar-refractivity contribution >= 4 is 34.6 Å². The predicted octanol–water partition coefficient (Wildman–Crippen LogP) is 4.15. The van der Waals surface area contributed by atoms with Crippen molar-refractivity contribution in [2.45, 2.75) is 19.8 Å². The van der Waals surface area contributed by atoms with Crippen LogP contribution < -0.4 is 0 Å². The molecule has 0 bridgehead atoms. The smallest absolute Gasteiger partial charge is 0.106 e. The van der Waals surface area contributed by atoms with E-state index < -0.39 is 0 Å². The first-order chi connectivity index (χ1) is 9.08. The molecule has 1 aromatic rings. The summed E-state index contributed by atoms with van der Waals surface area (Å²) in [7, 11) is 3.03. The molecule has 0 radical (unpaired) electrons. The van der Waals surface area contributed by atoms with Crippen LogP contribution in [0.15, 0.2) is 28.5 Å². The molecular weight excluding hydrogens is 287 g/mol. The Bertz CT molecular complexity index is 488. The zero-order valence-electron chi connectivity index (χ0n) is 11.1. The SMILES string of the molecule is CO/N=C(/CC/C(C)=N/OC)c1ccc(Cl)c(Cl)c1. The second kappa shape index (κ2) is 8.02. The molecule has 0 unspecified atom stereocenters. The Morgan fingerprint density at radius 3 is 2.32 bits per heavy atom. The average molecular weight is 303 g/mol. The van der Waals surface area contributed by atoms with Crippen LogP contribution in [-0.4, -0.2) is 25.6 Å². The molecule has 0 spiro atoms. The summed E-state index contributed by atoms with van der Waals surface area (Å²) in [5.74, 6) is 0. The maximum absolute atomic E-state index is 6.00. The minimum Gasteiger partial charge on any atom is -0.399 e. The van der Waals surface area contributed by atoms with E-state index in [-0.39, 0.29) is 0 Å². The van der Waals surface area contributed by atoms with E-state index in [1.54, 1.807) is 12.1 Å². The van der Waals surface area contributed by atoms with Gasteiger partial charge in [0.1, 0.15) is 14.2 Å². The zero-order valence-corrected chi connectivity index (χ0v) is 12.6. The second-order valence-electron chi connectivity index (χ2n) is 3.86. The molecule has 0 aromatic heterocycles. The highest BCUT2D eigenvalue weighted by molar-refractivity contribution is 6.42. The van der Waals surface area contributed by atoms with Gasteiger partial charge in [-0.2, -0.15) is 0 Å². The van der Waals surface area contributed by atoms with Crippen LogP contribution in [0.3, 0.4) is 0 Å². The molecule has 0 amide bonds. The Hall–Kier alpha value is -1.26. The van der Waals surface area contributed by atoms with Crippen LogP contribution in [0.2, 0.25) is 10.0 Å². The van der Waals surface area contributed by atoms with Crippen molar-refractivity contribution in [2.24, 2.45) is 10.3 Å². The summed E-state index contributed by atoms with van der Waals surface area (Å²) in [6, 6.07) is 5.36. The largest absolute Gasteiger partial charge is 0.399 e. The Morgan fingerprint density at radius 2 is 1.74 bits per heavy atom. The molecular formula is C13H16Cl2N2O2. The van der Waals surface area contributed by atoms with Gasteiger partial charge in [-0.1, -0.05) is 39.6 Å². The van der Waals surface area contributed by atoms with Crippen molar-refractivity contribution in [3.05, 3.63) is 33.8 Å². The fourth-order valence-corrected chi connectivity index (χ4v) is 1.83. The number of nitrogens with zero attached hydrogens (tertiary/aromatic N) is 2. The lowest BCUT2D eigenvalue weighted by Crippen LogP contribution is -2.05. The molecule has 0 saturated heterocycles. The second-order valence-corrected chi connectivity index (χ2v) is 4.67.